The minimum atomic E-state index is 0.518. The van der Waals surface area contributed by atoms with Crippen molar-refractivity contribution in [2.75, 3.05) is 38.6 Å². The van der Waals surface area contributed by atoms with Gasteiger partial charge < -0.3 is 15.1 Å². The van der Waals surface area contributed by atoms with Crippen LogP contribution in [-0.4, -0.2) is 44.7 Å². The maximum atomic E-state index is 3.53. The van der Waals surface area contributed by atoms with E-state index in [9.17, 15) is 0 Å². The molecule has 3 nitrogen and oxygen atoms in total. The molecule has 114 valence electrons. The van der Waals surface area contributed by atoms with Crippen molar-refractivity contribution in [3.05, 3.63) is 29.8 Å². The van der Waals surface area contributed by atoms with Crippen LogP contribution in [0.3, 0.4) is 0 Å². The van der Waals surface area contributed by atoms with Gasteiger partial charge in [-0.25, -0.2) is 0 Å². The maximum Gasteiger partial charge on any atom is 0.0412 e. The smallest absolute Gasteiger partial charge is 0.0412 e. The molecule has 0 saturated carbocycles. The molecule has 0 aliphatic rings. The number of nitrogens with one attached hydrogen (secondary N) is 1. The molecule has 1 rings (SSSR count). The van der Waals surface area contributed by atoms with Gasteiger partial charge in [-0.05, 0) is 32.1 Å². The van der Waals surface area contributed by atoms with Gasteiger partial charge in [0.15, 0.2) is 0 Å². The molecule has 0 aliphatic heterocycles. The molecule has 0 radical (unpaired) electrons. The van der Waals surface area contributed by atoms with E-state index < -0.39 is 0 Å². The number of nitrogens with zero attached hydrogens (tertiary/aromatic N) is 2. The average Bonchev–Trinajstić information content (AvgIpc) is 2.41. The third-order valence-electron chi connectivity index (χ3n) is 3.34. The van der Waals surface area contributed by atoms with Crippen LogP contribution in [0.5, 0.6) is 0 Å². The van der Waals surface area contributed by atoms with Crippen LogP contribution in [0.25, 0.3) is 0 Å². The zero-order valence-electron chi connectivity index (χ0n) is 13.8. The average molecular weight is 277 g/mol. The van der Waals surface area contributed by atoms with Crippen molar-refractivity contribution in [3.8, 4) is 0 Å². The summed E-state index contributed by atoms with van der Waals surface area (Å²) in [5.74, 6) is 0. The summed E-state index contributed by atoms with van der Waals surface area (Å²) in [7, 11) is 4.27. The first-order chi connectivity index (χ1) is 9.54. The van der Waals surface area contributed by atoms with E-state index in [-0.39, 0.29) is 0 Å². The van der Waals surface area contributed by atoms with Crippen LogP contribution in [0.1, 0.15) is 32.8 Å². The minimum absolute atomic E-state index is 0.518. The highest BCUT2D eigenvalue weighted by Crippen LogP contribution is 2.20. The van der Waals surface area contributed by atoms with Gasteiger partial charge in [0.1, 0.15) is 0 Å². The van der Waals surface area contributed by atoms with Crippen LogP contribution in [0.15, 0.2) is 24.3 Å². The number of hydrogen-bond donors (Lipinski definition) is 1. The van der Waals surface area contributed by atoms with E-state index in [1.807, 2.05) is 0 Å². The quantitative estimate of drug-likeness (QED) is 0.748. The Hall–Kier alpha value is -1.06. The highest BCUT2D eigenvalue weighted by Gasteiger charge is 2.10. The third-order valence-corrected chi connectivity index (χ3v) is 3.34. The standard InChI is InChI=1S/C17H31N3/c1-6-11-20(13-12-19(4)5)17-10-8-7-9-16(17)14-18-15(2)3/h7-10,15,18H,6,11-14H2,1-5H3. The summed E-state index contributed by atoms with van der Waals surface area (Å²) in [5.41, 5.74) is 2.78. The van der Waals surface area contributed by atoms with Crippen LogP contribution in [-0.2, 0) is 6.54 Å². The zero-order valence-corrected chi connectivity index (χ0v) is 13.8. The maximum absolute atomic E-state index is 3.53. The Balaban J connectivity index is 2.82. The van der Waals surface area contributed by atoms with Gasteiger partial charge in [-0.2, -0.15) is 0 Å². The summed E-state index contributed by atoms with van der Waals surface area (Å²) in [5, 5.41) is 3.53. The molecule has 0 aromatic heterocycles. The van der Waals surface area contributed by atoms with Gasteiger partial charge in [0, 0.05) is 37.9 Å². The van der Waals surface area contributed by atoms with E-state index in [0.717, 1.165) is 26.2 Å². The lowest BCUT2D eigenvalue weighted by molar-refractivity contribution is 0.412. The summed E-state index contributed by atoms with van der Waals surface area (Å²) >= 11 is 0. The van der Waals surface area contributed by atoms with Gasteiger partial charge in [0.05, 0.1) is 0 Å². The molecule has 0 amide bonds. The van der Waals surface area contributed by atoms with Crippen LogP contribution >= 0.6 is 0 Å². The molecule has 0 spiro atoms. The van der Waals surface area contributed by atoms with Gasteiger partial charge in [-0.1, -0.05) is 39.0 Å². The van der Waals surface area contributed by atoms with E-state index in [2.05, 4.69) is 74.2 Å². The zero-order chi connectivity index (χ0) is 15.0. The molecule has 0 atom stereocenters. The summed E-state index contributed by atoms with van der Waals surface area (Å²) in [4.78, 5) is 4.76. The lowest BCUT2D eigenvalue weighted by Crippen LogP contribution is -2.33. The van der Waals surface area contributed by atoms with Crippen molar-refractivity contribution in [1.82, 2.24) is 10.2 Å². The Morgan fingerprint density at radius 1 is 1.05 bits per heavy atom. The van der Waals surface area contributed by atoms with Crippen molar-refractivity contribution >= 4 is 5.69 Å². The van der Waals surface area contributed by atoms with Crippen LogP contribution in [0.2, 0.25) is 0 Å². The fourth-order valence-corrected chi connectivity index (χ4v) is 2.23. The van der Waals surface area contributed by atoms with Crippen LogP contribution in [0, 0.1) is 0 Å². The van der Waals surface area contributed by atoms with Gasteiger partial charge in [-0.3, -0.25) is 0 Å². The molecule has 0 bridgehead atoms. The summed E-state index contributed by atoms with van der Waals surface area (Å²) in [6.45, 7) is 10.9. The largest absolute Gasteiger partial charge is 0.370 e. The summed E-state index contributed by atoms with van der Waals surface area (Å²) in [6.07, 6.45) is 1.18. The first-order valence-electron chi connectivity index (χ1n) is 7.75. The third kappa shape index (κ3) is 5.93. The predicted molar refractivity (Wildman–Crippen MR) is 89.5 cm³/mol. The molecule has 0 saturated heterocycles. The van der Waals surface area contributed by atoms with Gasteiger partial charge in [0.2, 0.25) is 0 Å². The molecule has 0 fully saturated rings. The SMILES string of the molecule is CCCN(CCN(C)C)c1ccccc1CNC(C)C. The van der Waals surface area contributed by atoms with Crippen molar-refractivity contribution in [2.24, 2.45) is 0 Å². The Bertz CT molecular complexity index is 374. The number of benzene rings is 1. The second-order valence-corrected chi connectivity index (χ2v) is 5.95. The number of hydrogen-bond acceptors (Lipinski definition) is 3. The van der Waals surface area contributed by atoms with Gasteiger partial charge in [-0.15, -0.1) is 0 Å². The first kappa shape index (κ1) is 17.0. The Kier molecular flexibility index (Phi) is 7.63. The number of anilines is 1. The molecular weight excluding hydrogens is 246 g/mol. The molecule has 0 aliphatic carbocycles. The Morgan fingerprint density at radius 2 is 1.75 bits per heavy atom. The molecule has 0 unspecified atom stereocenters. The Morgan fingerprint density at radius 3 is 2.35 bits per heavy atom. The van der Waals surface area contributed by atoms with Crippen molar-refractivity contribution in [2.45, 2.75) is 39.8 Å². The van der Waals surface area contributed by atoms with Gasteiger partial charge in [0.25, 0.3) is 0 Å². The number of para-hydroxylation sites is 1. The molecular formula is C17H31N3. The second kappa shape index (κ2) is 8.98. The Labute approximate surface area is 125 Å². The predicted octanol–water partition coefficient (Wildman–Crippen LogP) is 2.96. The molecule has 1 aromatic rings. The number of likely N-dealkylation sites (N-methyl/N-ethyl adjacent to an activating group) is 1. The molecule has 1 aromatic carbocycles. The highest BCUT2D eigenvalue weighted by atomic mass is 15.2. The lowest BCUT2D eigenvalue weighted by Gasteiger charge is -2.28. The lowest BCUT2D eigenvalue weighted by atomic mass is 10.1. The second-order valence-electron chi connectivity index (χ2n) is 5.95. The first-order valence-corrected chi connectivity index (χ1v) is 7.75. The molecule has 1 N–H and O–H groups in total. The highest BCUT2D eigenvalue weighted by molar-refractivity contribution is 5.53. The summed E-state index contributed by atoms with van der Waals surface area (Å²) in [6, 6.07) is 9.29. The fourth-order valence-electron chi connectivity index (χ4n) is 2.23. The van der Waals surface area contributed by atoms with Crippen LogP contribution in [0.4, 0.5) is 5.69 Å². The van der Waals surface area contributed by atoms with E-state index >= 15 is 0 Å². The van der Waals surface area contributed by atoms with Crippen molar-refractivity contribution in [1.29, 1.82) is 0 Å². The molecule has 20 heavy (non-hydrogen) atoms. The number of rotatable bonds is 9. The normalized spacial score (nSPS) is 11.3. The monoisotopic (exact) mass is 277 g/mol. The van der Waals surface area contributed by atoms with E-state index in [1.54, 1.807) is 0 Å². The van der Waals surface area contributed by atoms with Crippen LogP contribution < -0.4 is 10.2 Å². The van der Waals surface area contributed by atoms with Crippen molar-refractivity contribution in [3.63, 3.8) is 0 Å². The van der Waals surface area contributed by atoms with Crippen molar-refractivity contribution < 1.29 is 0 Å². The minimum Gasteiger partial charge on any atom is -0.370 e. The molecule has 3 heteroatoms. The van der Waals surface area contributed by atoms with E-state index in [4.69, 9.17) is 0 Å². The topological polar surface area (TPSA) is 18.5 Å². The molecule has 0 heterocycles. The van der Waals surface area contributed by atoms with E-state index in [0.29, 0.717) is 6.04 Å². The van der Waals surface area contributed by atoms with E-state index in [1.165, 1.54) is 17.7 Å². The summed E-state index contributed by atoms with van der Waals surface area (Å²) < 4.78 is 0. The van der Waals surface area contributed by atoms with Gasteiger partial charge >= 0.3 is 0 Å². The fraction of sp³-hybridized carbons (Fsp3) is 0.647.